The van der Waals surface area contributed by atoms with Crippen LogP contribution in [0.3, 0.4) is 0 Å². The molecule has 1 unspecified atom stereocenters. The molecule has 2 N–H and O–H groups in total. The fourth-order valence-electron chi connectivity index (χ4n) is 3.41. The van der Waals surface area contributed by atoms with Crippen molar-refractivity contribution in [1.82, 2.24) is 30.8 Å². The number of hydrogen-bond donors (Lipinski definition) is 2. The third kappa shape index (κ3) is 5.36. The fourth-order valence-corrected chi connectivity index (χ4v) is 4.55. The summed E-state index contributed by atoms with van der Waals surface area (Å²) >= 11 is 1.94. The topological polar surface area (TPSA) is 103 Å². The first kappa shape index (κ1) is 21.3. The minimum absolute atomic E-state index is 0.255. The molecule has 10 heteroatoms. The number of aromatic nitrogens is 4. The number of nitrogens with zero attached hydrogens (tertiary/aromatic N) is 4. The van der Waals surface area contributed by atoms with Gasteiger partial charge < -0.3 is 20.1 Å². The Balaban J connectivity index is 1.61. The number of amides is 1. The molecule has 0 radical (unpaired) electrons. The summed E-state index contributed by atoms with van der Waals surface area (Å²) in [6.45, 7) is 10.2. The number of hydrogen-bond acceptors (Lipinski definition) is 8. The third-order valence-electron chi connectivity index (χ3n) is 5.16. The highest BCUT2D eigenvalue weighted by Gasteiger charge is 2.44. The maximum atomic E-state index is 11.9. The molecule has 2 atom stereocenters. The lowest BCUT2D eigenvalue weighted by atomic mass is 9.86. The van der Waals surface area contributed by atoms with Gasteiger partial charge in [-0.1, -0.05) is 0 Å². The van der Waals surface area contributed by atoms with E-state index in [1.54, 1.807) is 4.68 Å². The lowest BCUT2D eigenvalue weighted by molar-refractivity contribution is 0.0524. The SMILES string of the molecule is CC(C)(C)OC(=O)NCCn1nnnc1C(C)(NC[C@H]1CCCO1)C1CSC1. The van der Waals surface area contributed by atoms with Gasteiger partial charge in [-0.15, -0.1) is 5.10 Å². The highest BCUT2D eigenvalue weighted by molar-refractivity contribution is 8.00. The molecule has 0 spiro atoms. The molecule has 1 aromatic heterocycles. The van der Waals surface area contributed by atoms with E-state index in [0.29, 0.717) is 19.0 Å². The van der Waals surface area contributed by atoms with Crippen LogP contribution >= 0.6 is 11.8 Å². The molecule has 1 aromatic rings. The molecule has 158 valence electrons. The van der Waals surface area contributed by atoms with E-state index >= 15 is 0 Å². The van der Waals surface area contributed by atoms with Crippen molar-refractivity contribution >= 4 is 17.9 Å². The van der Waals surface area contributed by atoms with Gasteiger partial charge in [-0.05, 0) is 62.5 Å². The predicted octanol–water partition coefficient (Wildman–Crippen LogP) is 1.54. The summed E-state index contributed by atoms with van der Waals surface area (Å²) in [5, 5.41) is 18.9. The quantitative estimate of drug-likeness (QED) is 0.663. The van der Waals surface area contributed by atoms with Gasteiger partial charge in [-0.3, -0.25) is 0 Å². The number of nitrogens with one attached hydrogen (secondary N) is 2. The van der Waals surface area contributed by atoms with Gasteiger partial charge in [-0.2, -0.15) is 11.8 Å². The van der Waals surface area contributed by atoms with E-state index in [-0.39, 0.29) is 11.6 Å². The molecule has 28 heavy (non-hydrogen) atoms. The molecule has 1 amide bonds. The van der Waals surface area contributed by atoms with Crippen LogP contribution in [-0.4, -0.2) is 69.2 Å². The minimum atomic E-state index is -0.517. The Kier molecular flexibility index (Phi) is 6.82. The second-order valence-electron chi connectivity index (χ2n) is 8.61. The fraction of sp³-hybridized carbons (Fsp3) is 0.889. The van der Waals surface area contributed by atoms with Crippen LogP contribution in [0.15, 0.2) is 0 Å². The Labute approximate surface area is 170 Å². The van der Waals surface area contributed by atoms with Crippen molar-refractivity contribution in [2.45, 2.75) is 64.3 Å². The summed E-state index contributed by atoms with van der Waals surface area (Å²) in [6, 6.07) is 0. The summed E-state index contributed by atoms with van der Waals surface area (Å²) in [6.07, 6.45) is 2.03. The first-order valence-electron chi connectivity index (χ1n) is 9.96. The molecular formula is C18H32N6O3S. The van der Waals surface area contributed by atoms with E-state index in [0.717, 1.165) is 43.3 Å². The number of alkyl carbamates (subject to hydrolysis) is 1. The molecule has 0 bridgehead atoms. The maximum absolute atomic E-state index is 11.9. The smallest absolute Gasteiger partial charge is 0.407 e. The predicted molar refractivity (Wildman–Crippen MR) is 107 cm³/mol. The summed E-state index contributed by atoms with van der Waals surface area (Å²) < 4.78 is 12.8. The summed E-state index contributed by atoms with van der Waals surface area (Å²) in [5.41, 5.74) is -0.844. The first-order valence-corrected chi connectivity index (χ1v) is 11.1. The van der Waals surface area contributed by atoms with Gasteiger partial charge in [0.25, 0.3) is 0 Å². The Bertz CT molecular complexity index is 654. The molecule has 3 rings (SSSR count). The minimum Gasteiger partial charge on any atom is -0.444 e. The zero-order valence-electron chi connectivity index (χ0n) is 17.2. The van der Waals surface area contributed by atoms with Gasteiger partial charge in [-0.25, -0.2) is 9.48 Å². The number of rotatable bonds is 8. The molecule has 9 nitrogen and oxygen atoms in total. The molecule has 2 aliphatic heterocycles. The van der Waals surface area contributed by atoms with Crippen molar-refractivity contribution in [1.29, 1.82) is 0 Å². The average Bonchev–Trinajstić information content (AvgIpc) is 3.21. The Morgan fingerprint density at radius 2 is 2.14 bits per heavy atom. The van der Waals surface area contributed by atoms with Gasteiger partial charge in [0, 0.05) is 25.6 Å². The molecule has 2 aliphatic rings. The molecule has 0 aromatic carbocycles. The highest BCUT2D eigenvalue weighted by atomic mass is 32.2. The van der Waals surface area contributed by atoms with E-state index in [1.165, 1.54) is 0 Å². The van der Waals surface area contributed by atoms with Crippen molar-refractivity contribution in [2.24, 2.45) is 5.92 Å². The molecule has 0 saturated carbocycles. The van der Waals surface area contributed by atoms with E-state index in [9.17, 15) is 4.79 Å². The van der Waals surface area contributed by atoms with Crippen LogP contribution in [0, 0.1) is 5.92 Å². The van der Waals surface area contributed by atoms with Crippen molar-refractivity contribution in [3.63, 3.8) is 0 Å². The largest absolute Gasteiger partial charge is 0.444 e. The van der Waals surface area contributed by atoms with Gasteiger partial charge in [0.05, 0.1) is 18.2 Å². The number of carbonyl (C=O) groups is 1. The van der Waals surface area contributed by atoms with Crippen molar-refractivity contribution in [3.8, 4) is 0 Å². The zero-order valence-corrected chi connectivity index (χ0v) is 18.0. The monoisotopic (exact) mass is 412 g/mol. The van der Waals surface area contributed by atoms with Crippen LogP contribution < -0.4 is 10.6 Å². The summed E-state index contributed by atoms with van der Waals surface area (Å²) in [7, 11) is 0. The van der Waals surface area contributed by atoms with Crippen molar-refractivity contribution in [3.05, 3.63) is 5.82 Å². The second-order valence-corrected chi connectivity index (χ2v) is 9.68. The molecule has 2 saturated heterocycles. The summed E-state index contributed by atoms with van der Waals surface area (Å²) in [5.74, 6) is 3.43. The van der Waals surface area contributed by atoms with Crippen LogP contribution in [0.5, 0.6) is 0 Å². The van der Waals surface area contributed by atoms with E-state index in [2.05, 4.69) is 33.1 Å². The van der Waals surface area contributed by atoms with Gasteiger partial charge in [0.2, 0.25) is 0 Å². The van der Waals surface area contributed by atoms with Crippen molar-refractivity contribution < 1.29 is 14.3 Å². The van der Waals surface area contributed by atoms with Crippen LogP contribution in [0.25, 0.3) is 0 Å². The molecule has 2 fully saturated rings. The van der Waals surface area contributed by atoms with E-state index in [4.69, 9.17) is 9.47 Å². The number of carbonyl (C=O) groups excluding carboxylic acids is 1. The van der Waals surface area contributed by atoms with Crippen molar-refractivity contribution in [2.75, 3.05) is 31.2 Å². The molecular weight excluding hydrogens is 380 g/mol. The lowest BCUT2D eigenvalue weighted by Crippen LogP contribution is -2.54. The zero-order chi connectivity index (χ0) is 20.2. The van der Waals surface area contributed by atoms with E-state index < -0.39 is 11.7 Å². The second kappa shape index (κ2) is 8.96. The summed E-state index contributed by atoms with van der Waals surface area (Å²) in [4.78, 5) is 11.9. The Morgan fingerprint density at radius 3 is 2.75 bits per heavy atom. The first-order chi connectivity index (χ1) is 13.3. The lowest BCUT2D eigenvalue weighted by Gasteiger charge is -2.42. The Hall–Kier alpha value is -1.39. The number of thioether (sulfide) groups is 1. The average molecular weight is 413 g/mol. The Morgan fingerprint density at radius 1 is 1.36 bits per heavy atom. The van der Waals surface area contributed by atoms with Gasteiger partial charge >= 0.3 is 6.09 Å². The van der Waals surface area contributed by atoms with Gasteiger partial charge in [0.15, 0.2) is 5.82 Å². The normalized spacial score (nSPS) is 22.5. The molecule has 0 aliphatic carbocycles. The van der Waals surface area contributed by atoms with Crippen LogP contribution in [0.4, 0.5) is 4.79 Å². The number of ether oxygens (including phenoxy) is 2. The maximum Gasteiger partial charge on any atom is 0.407 e. The highest BCUT2D eigenvalue weighted by Crippen LogP contribution is 2.39. The molecule has 3 heterocycles. The van der Waals surface area contributed by atoms with Crippen LogP contribution in [0.2, 0.25) is 0 Å². The van der Waals surface area contributed by atoms with Crippen LogP contribution in [0.1, 0.15) is 46.4 Å². The third-order valence-corrected chi connectivity index (χ3v) is 6.44. The van der Waals surface area contributed by atoms with Gasteiger partial charge in [0.1, 0.15) is 5.60 Å². The van der Waals surface area contributed by atoms with E-state index in [1.807, 2.05) is 32.5 Å². The number of tetrazole rings is 1. The van der Waals surface area contributed by atoms with Crippen LogP contribution in [-0.2, 0) is 21.6 Å². The standard InChI is InChI=1S/C18H32N6O3S/c1-17(2,3)27-16(25)19-7-8-24-15(21-22-23-24)18(4,13-11-28-12-13)20-10-14-6-5-9-26-14/h13-14,20H,5-12H2,1-4H3,(H,19,25)/t14-,18?/m1/s1.